The molecule has 0 aliphatic heterocycles. The highest BCUT2D eigenvalue weighted by atomic mass is 15.0. The molecule has 2 N–H and O–H groups in total. The van der Waals surface area contributed by atoms with E-state index >= 15 is 0 Å². The number of rotatable bonds is 4. The maximum absolute atomic E-state index is 3.46. The van der Waals surface area contributed by atoms with Crippen LogP contribution in [0.25, 0.3) is 0 Å². The average Bonchev–Trinajstić information content (AvgIpc) is 2.13. The van der Waals surface area contributed by atoms with Gasteiger partial charge >= 0.3 is 0 Å². The Morgan fingerprint density at radius 3 is 2.31 bits per heavy atom. The predicted molar refractivity (Wildman–Crippen MR) is 72.2 cm³/mol. The molecule has 90 valence electrons. The number of hydrogen-bond donors (Lipinski definition) is 2. The van der Waals surface area contributed by atoms with E-state index in [4.69, 9.17) is 0 Å². The third-order valence-electron chi connectivity index (χ3n) is 2.48. The summed E-state index contributed by atoms with van der Waals surface area (Å²) in [5, 5.41) is 6.91. The molecule has 1 aromatic carbocycles. The van der Waals surface area contributed by atoms with Crippen LogP contribution in [0.4, 0.5) is 5.69 Å². The van der Waals surface area contributed by atoms with Gasteiger partial charge in [-0.1, -0.05) is 17.7 Å². The highest BCUT2D eigenvalue weighted by Gasteiger charge is 2.07. The van der Waals surface area contributed by atoms with E-state index in [1.165, 1.54) is 16.8 Å². The molecular formula is C14H24N2. The van der Waals surface area contributed by atoms with Crippen molar-refractivity contribution in [2.75, 3.05) is 18.4 Å². The summed E-state index contributed by atoms with van der Waals surface area (Å²) in [6.07, 6.45) is 0. The molecule has 0 radical (unpaired) electrons. The van der Waals surface area contributed by atoms with Crippen molar-refractivity contribution >= 4 is 5.69 Å². The maximum atomic E-state index is 3.46. The predicted octanol–water partition coefficient (Wildman–Crippen LogP) is 3.10. The van der Waals surface area contributed by atoms with Crippen molar-refractivity contribution in [3.05, 3.63) is 29.3 Å². The van der Waals surface area contributed by atoms with Crippen LogP contribution in [0.2, 0.25) is 0 Å². The number of nitrogens with one attached hydrogen (secondary N) is 2. The van der Waals surface area contributed by atoms with Crippen molar-refractivity contribution < 1.29 is 0 Å². The number of benzene rings is 1. The van der Waals surface area contributed by atoms with Gasteiger partial charge in [0.2, 0.25) is 0 Å². The van der Waals surface area contributed by atoms with Crippen molar-refractivity contribution in [2.24, 2.45) is 0 Å². The third-order valence-corrected chi connectivity index (χ3v) is 2.48. The average molecular weight is 220 g/mol. The standard InChI is InChI=1S/C14H24N2/c1-11-6-7-13(12(2)10-11)15-8-9-16-14(3,4)5/h6-7,10,15-16H,8-9H2,1-5H3. The van der Waals surface area contributed by atoms with Crippen LogP contribution in [-0.4, -0.2) is 18.6 Å². The SMILES string of the molecule is Cc1ccc(NCCNC(C)(C)C)c(C)c1. The van der Waals surface area contributed by atoms with E-state index in [0.29, 0.717) is 0 Å². The van der Waals surface area contributed by atoms with Crippen LogP contribution in [0.15, 0.2) is 18.2 Å². The summed E-state index contributed by atoms with van der Waals surface area (Å²) in [6, 6.07) is 6.51. The van der Waals surface area contributed by atoms with E-state index in [1.807, 2.05) is 0 Å². The number of anilines is 1. The molecule has 0 atom stereocenters. The summed E-state index contributed by atoms with van der Waals surface area (Å²) < 4.78 is 0. The molecule has 0 saturated carbocycles. The molecule has 0 bridgehead atoms. The summed E-state index contributed by atoms with van der Waals surface area (Å²) in [5.41, 5.74) is 4.07. The van der Waals surface area contributed by atoms with Crippen molar-refractivity contribution in [2.45, 2.75) is 40.2 Å². The minimum absolute atomic E-state index is 0.198. The summed E-state index contributed by atoms with van der Waals surface area (Å²) in [7, 11) is 0. The van der Waals surface area contributed by atoms with Gasteiger partial charge < -0.3 is 10.6 Å². The Bertz CT molecular complexity index is 337. The lowest BCUT2D eigenvalue weighted by Crippen LogP contribution is -2.38. The fourth-order valence-electron chi connectivity index (χ4n) is 1.65. The lowest BCUT2D eigenvalue weighted by atomic mass is 10.1. The summed E-state index contributed by atoms with van der Waals surface area (Å²) in [4.78, 5) is 0. The first-order valence-corrected chi connectivity index (χ1v) is 5.95. The monoisotopic (exact) mass is 220 g/mol. The zero-order chi connectivity index (χ0) is 12.2. The second-order valence-corrected chi connectivity index (χ2v) is 5.42. The van der Waals surface area contributed by atoms with Gasteiger partial charge in [0.25, 0.3) is 0 Å². The van der Waals surface area contributed by atoms with Crippen LogP contribution in [-0.2, 0) is 0 Å². The van der Waals surface area contributed by atoms with E-state index < -0.39 is 0 Å². The first-order chi connectivity index (χ1) is 7.38. The van der Waals surface area contributed by atoms with Crippen LogP contribution in [0.5, 0.6) is 0 Å². The summed E-state index contributed by atoms with van der Waals surface area (Å²) >= 11 is 0. The van der Waals surface area contributed by atoms with Gasteiger partial charge in [-0.15, -0.1) is 0 Å². The Labute approximate surface area is 99.5 Å². The molecule has 1 aromatic rings. The van der Waals surface area contributed by atoms with E-state index in [0.717, 1.165) is 13.1 Å². The van der Waals surface area contributed by atoms with Gasteiger partial charge in [-0.25, -0.2) is 0 Å². The smallest absolute Gasteiger partial charge is 0.0370 e. The highest BCUT2D eigenvalue weighted by molar-refractivity contribution is 5.51. The topological polar surface area (TPSA) is 24.1 Å². The van der Waals surface area contributed by atoms with Crippen LogP contribution in [0.1, 0.15) is 31.9 Å². The first kappa shape index (κ1) is 13.0. The van der Waals surface area contributed by atoms with Crippen molar-refractivity contribution in [1.29, 1.82) is 0 Å². The molecule has 2 nitrogen and oxygen atoms in total. The fourth-order valence-corrected chi connectivity index (χ4v) is 1.65. The minimum Gasteiger partial charge on any atom is -0.384 e. The minimum atomic E-state index is 0.198. The lowest BCUT2D eigenvalue weighted by molar-refractivity contribution is 0.435. The molecule has 0 amide bonds. The highest BCUT2D eigenvalue weighted by Crippen LogP contribution is 2.15. The molecule has 0 aliphatic carbocycles. The Balaban J connectivity index is 2.38. The quantitative estimate of drug-likeness (QED) is 0.762. The molecule has 2 heteroatoms. The molecule has 0 unspecified atom stereocenters. The molecule has 0 heterocycles. The van der Waals surface area contributed by atoms with Crippen LogP contribution in [0, 0.1) is 13.8 Å². The largest absolute Gasteiger partial charge is 0.384 e. The molecule has 0 aromatic heterocycles. The van der Waals surface area contributed by atoms with Gasteiger partial charge in [0, 0.05) is 24.3 Å². The third kappa shape index (κ3) is 4.67. The molecule has 16 heavy (non-hydrogen) atoms. The van der Waals surface area contributed by atoms with Gasteiger partial charge in [0.15, 0.2) is 0 Å². The summed E-state index contributed by atoms with van der Waals surface area (Å²) in [5.74, 6) is 0. The fraction of sp³-hybridized carbons (Fsp3) is 0.571. The Morgan fingerprint density at radius 1 is 1.06 bits per heavy atom. The Kier molecular flexibility index (Phi) is 4.36. The maximum Gasteiger partial charge on any atom is 0.0370 e. The van der Waals surface area contributed by atoms with Crippen LogP contribution >= 0.6 is 0 Å². The normalized spacial score (nSPS) is 11.6. The zero-order valence-electron chi connectivity index (χ0n) is 11.1. The molecule has 0 spiro atoms. The van der Waals surface area contributed by atoms with E-state index in [2.05, 4.69) is 63.5 Å². The van der Waals surface area contributed by atoms with E-state index in [-0.39, 0.29) is 5.54 Å². The number of hydrogen-bond acceptors (Lipinski definition) is 2. The second-order valence-electron chi connectivity index (χ2n) is 5.42. The molecule has 1 rings (SSSR count). The number of aryl methyl sites for hydroxylation is 2. The second kappa shape index (κ2) is 5.35. The van der Waals surface area contributed by atoms with Crippen molar-refractivity contribution in [1.82, 2.24) is 5.32 Å². The van der Waals surface area contributed by atoms with Gasteiger partial charge in [0.1, 0.15) is 0 Å². The van der Waals surface area contributed by atoms with Gasteiger partial charge in [0.05, 0.1) is 0 Å². The molecule has 0 saturated heterocycles. The van der Waals surface area contributed by atoms with Gasteiger partial charge in [-0.3, -0.25) is 0 Å². The van der Waals surface area contributed by atoms with Crippen molar-refractivity contribution in [3.8, 4) is 0 Å². The van der Waals surface area contributed by atoms with E-state index in [9.17, 15) is 0 Å². The van der Waals surface area contributed by atoms with Gasteiger partial charge in [-0.05, 0) is 46.2 Å². The van der Waals surface area contributed by atoms with Crippen LogP contribution < -0.4 is 10.6 Å². The zero-order valence-corrected chi connectivity index (χ0v) is 11.1. The summed E-state index contributed by atoms with van der Waals surface area (Å²) in [6.45, 7) is 12.8. The Hall–Kier alpha value is -1.02. The van der Waals surface area contributed by atoms with Crippen molar-refractivity contribution in [3.63, 3.8) is 0 Å². The lowest BCUT2D eigenvalue weighted by Gasteiger charge is -2.21. The van der Waals surface area contributed by atoms with E-state index in [1.54, 1.807) is 0 Å². The molecule has 0 aliphatic rings. The first-order valence-electron chi connectivity index (χ1n) is 5.95. The Morgan fingerprint density at radius 2 is 1.75 bits per heavy atom. The molecular weight excluding hydrogens is 196 g/mol. The molecule has 0 fully saturated rings. The van der Waals surface area contributed by atoms with Gasteiger partial charge in [-0.2, -0.15) is 0 Å². The van der Waals surface area contributed by atoms with Crippen LogP contribution in [0.3, 0.4) is 0 Å².